The van der Waals surface area contributed by atoms with E-state index < -0.39 is 11.6 Å². The number of carboxylic acids is 1. The highest BCUT2D eigenvalue weighted by molar-refractivity contribution is 6.28. The minimum Gasteiger partial charge on any atom is -0.477 e. The van der Waals surface area contributed by atoms with Crippen LogP contribution in [0, 0.1) is 0 Å². The number of carbonyl (C=O) groups is 1. The molecule has 1 fully saturated rings. The number of aliphatic hydroxyl groups is 1. The summed E-state index contributed by atoms with van der Waals surface area (Å²) >= 11 is 5.69. The quantitative estimate of drug-likeness (QED) is 0.735. The molecule has 0 saturated heterocycles. The molecule has 0 amide bonds. The minimum atomic E-state index is -1.10. The van der Waals surface area contributed by atoms with E-state index in [4.69, 9.17) is 16.7 Å². The number of aromatic carboxylic acids is 1. The van der Waals surface area contributed by atoms with Gasteiger partial charge in [0, 0.05) is 12.2 Å². The van der Waals surface area contributed by atoms with Crippen molar-refractivity contribution in [3.05, 3.63) is 17.0 Å². The van der Waals surface area contributed by atoms with Crippen molar-refractivity contribution in [3.63, 3.8) is 0 Å². The van der Waals surface area contributed by atoms with Crippen LogP contribution in [-0.4, -0.2) is 37.8 Å². The molecule has 1 aromatic rings. The average molecular weight is 286 g/mol. The topological polar surface area (TPSA) is 95.3 Å². The van der Waals surface area contributed by atoms with Crippen LogP contribution in [0.25, 0.3) is 0 Å². The molecular formula is C12H16ClN3O3. The summed E-state index contributed by atoms with van der Waals surface area (Å²) in [4.78, 5) is 18.7. The summed E-state index contributed by atoms with van der Waals surface area (Å²) in [6.45, 7) is 1.81. The van der Waals surface area contributed by atoms with Crippen LogP contribution >= 0.6 is 11.6 Å². The fraction of sp³-hybridized carbons (Fsp3) is 0.583. The van der Waals surface area contributed by atoms with Gasteiger partial charge in [0.15, 0.2) is 0 Å². The van der Waals surface area contributed by atoms with Crippen LogP contribution < -0.4 is 5.32 Å². The van der Waals surface area contributed by atoms with Crippen LogP contribution in [0.4, 0.5) is 5.82 Å². The van der Waals surface area contributed by atoms with Crippen molar-refractivity contribution in [3.8, 4) is 0 Å². The summed E-state index contributed by atoms with van der Waals surface area (Å²) in [6.07, 6.45) is 4.05. The molecule has 0 atom stereocenters. The van der Waals surface area contributed by atoms with Crippen LogP contribution in [-0.2, 0) is 0 Å². The van der Waals surface area contributed by atoms with E-state index in [-0.39, 0.29) is 22.7 Å². The molecule has 19 heavy (non-hydrogen) atoms. The van der Waals surface area contributed by atoms with Crippen LogP contribution in [0.1, 0.15) is 43.0 Å². The van der Waals surface area contributed by atoms with E-state index in [1.807, 2.05) is 6.92 Å². The molecule has 6 nitrogen and oxygen atoms in total. The molecule has 0 bridgehead atoms. The zero-order chi connectivity index (χ0) is 14.0. The van der Waals surface area contributed by atoms with E-state index in [9.17, 15) is 9.90 Å². The van der Waals surface area contributed by atoms with Gasteiger partial charge in [-0.3, -0.25) is 0 Å². The Bertz CT molecular complexity index is 483. The molecule has 0 radical (unpaired) electrons. The summed E-state index contributed by atoms with van der Waals surface area (Å²) in [5.41, 5.74) is -0.626. The SMILES string of the molecule is C[C@]1(O)CC[C@H](Nc2nc(Cl)ncc2C(=O)O)CC1. The van der Waals surface area contributed by atoms with Crippen LogP contribution in [0.5, 0.6) is 0 Å². The predicted molar refractivity (Wildman–Crippen MR) is 70.5 cm³/mol. The van der Waals surface area contributed by atoms with Gasteiger partial charge in [0.05, 0.1) is 5.60 Å². The van der Waals surface area contributed by atoms with Gasteiger partial charge in [-0.15, -0.1) is 0 Å². The number of anilines is 1. The third kappa shape index (κ3) is 3.54. The average Bonchev–Trinajstić information content (AvgIpc) is 2.31. The Balaban J connectivity index is 2.11. The fourth-order valence-electron chi connectivity index (χ4n) is 2.20. The summed E-state index contributed by atoms with van der Waals surface area (Å²) in [7, 11) is 0. The monoisotopic (exact) mass is 285 g/mol. The Morgan fingerprint density at radius 1 is 1.53 bits per heavy atom. The van der Waals surface area contributed by atoms with Crippen molar-refractivity contribution in [2.75, 3.05) is 5.32 Å². The predicted octanol–water partition coefficient (Wildman–Crippen LogP) is 1.93. The van der Waals surface area contributed by atoms with E-state index in [1.54, 1.807) is 0 Å². The van der Waals surface area contributed by atoms with Crippen molar-refractivity contribution in [2.45, 2.75) is 44.2 Å². The molecule has 104 valence electrons. The van der Waals surface area contributed by atoms with Gasteiger partial charge in [0.2, 0.25) is 5.28 Å². The van der Waals surface area contributed by atoms with Crippen LogP contribution in [0.2, 0.25) is 5.28 Å². The maximum absolute atomic E-state index is 11.1. The molecule has 2 rings (SSSR count). The Hall–Kier alpha value is -1.40. The van der Waals surface area contributed by atoms with E-state index in [1.165, 1.54) is 6.20 Å². The van der Waals surface area contributed by atoms with Crippen molar-refractivity contribution in [2.24, 2.45) is 0 Å². The first kappa shape index (κ1) is 14.0. The van der Waals surface area contributed by atoms with Crippen molar-refractivity contribution < 1.29 is 15.0 Å². The third-order valence-electron chi connectivity index (χ3n) is 3.39. The van der Waals surface area contributed by atoms with Gasteiger partial charge in [-0.25, -0.2) is 9.78 Å². The van der Waals surface area contributed by atoms with Crippen molar-refractivity contribution >= 4 is 23.4 Å². The van der Waals surface area contributed by atoms with Crippen LogP contribution in [0.15, 0.2) is 6.20 Å². The highest BCUT2D eigenvalue weighted by atomic mass is 35.5. The molecule has 3 N–H and O–H groups in total. The first-order valence-electron chi connectivity index (χ1n) is 6.12. The van der Waals surface area contributed by atoms with Gasteiger partial charge < -0.3 is 15.5 Å². The molecule has 1 heterocycles. The Labute approximate surface area is 115 Å². The second kappa shape index (κ2) is 5.30. The first-order valence-corrected chi connectivity index (χ1v) is 6.50. The molecule has 7 heteroatoms. The van der Waals surface area contributed by atoms with Gasteiger partial charge in [0.1, 0.15) is 11.4 Å². The molecule has 0 aliphatic heterocycles. The molecular weight excluding hydrogens is 270 g/mol. The smallest absolute Gasteiger partial charge is 0.341 e. The van der Waals surface area contributed by atoms with Gasteiger partial charge >= 0.3 is 5.97 Å². The molecule has 0 spiro atoms. The lowest BCUT2D eigenvalue weighted by Gasteiger charge is -2.33. The molecule has 0 unspecified atom stereocenters. The van der Waals surface area contributed by atoms with Gasteiger partial charge in [-0.2, -0.15) is 4.98 Å². The molecule has 1 aliphatic carbocycles. The fourth-order valence-corrected chi connectivity index (χ4v) is 2.34. The van der Waals surface area contributed by atoms with Gasteiger partial charge in [-0.1, -0.05) is 0 Å². The minimum absolute atomic E-state index is 0.00161. The zero-order valence-electron chi connectivity index (χ0n) is 10.6. The highest BCUT2D eigenvalue weighted by Crippen LogP contribution is 2.29. The van der Waals surface area contributed by atoms with Gasteiger partial charge in [0.25, 0.3) is 0 Å². The first-order chi connectivity index (χ1) is 8.87. The second-order valence-electron chi connectivity index (χ2n) is 5.12. The highest BCUT2D eigenvalue weighted by Gasteiger charge is 2.29. The second-order valence-corrected chi connectivity index (χ2v) is 5.46. The number of aromatic nitrogens is 2. The summed E-state index contributed by atoms with van der Waals surface area (Å²) < 4.78 is 0. The van der Waals surface area contributed by atoms with Crippen molar-refractivity contribution in [1.29, 1.82) is 0 Å². The van der Waals surface area contributed by atoms with E-state index in [2.05, 4.69) is 15.3 Å². The number of nitrogens with one attached hydrogen (secondary N) is 1. The third-order valence-corrected chi connectivity index (χ3v) is 3.58. The summed E-state index contributed by atoms with van der Waals surface area (Å²) in [5.74, 6) is -0.860. The lowest BCUT2D eigenvalue weighted by Crippen LogP contribution is -2.36. The standard InChI is InChI=1S/C12H16ClN3O3/c1-12(19)4-2-7(3-5-12)15-9-8(10(17)18)6-14-11(13)16-9/h6-7,19H,2-5H2,1H3,(H,17,18)(H,14,15,16)/t7-,12-. The molecule has 1 aliphatic rings. The molecule has 1 saturated carbocycles. The van der Waals surface area contributed by atoms with E-state index >= 15 is 0 Å². The summed E-state index contributed by atoms with van der Waals surface area (Å²) in [6, 6.07) is 0.0873. The maximum Gasteiger partial charge on any atom is 0.341 e. The van der Waals surface area contributed by atoms with Crippen molar-refractivity contribution in [1.82, 2.24) is 9.97 Å². The normalized spacial score (nSPS) is 27.0. The number of hydrogen-bond acceptors (Lipinski definition) is 5. The summed E-state index contributed by atoms with van der Waals surface area (Å²) in [5, 5.41) is 22.0. The Morgan fingerprint density at radius 2 is 2.16 bits per heavy atom. The van der Waals surface area contributed by atoms with Crippen LogP contribution in [0.3, 0.4) is 0 Å². The largest absolute Gasteiger partial charge is 0.477 e. The number of rotatable bonds is 3. The Kier molecular flexibility index (Phi) is 3.91. The van der Waals surface area contributed by atoms with Gasteiger partial charge in [-0.05, 0) is 44.2 Å². The van der Waals surface area contributed by atoms with E-state index in [0.29, 0.717) is 12.8 Å². The molecule has 0 aromatic carbocycles. The lowest BCUT2D eigenvalue weighted by molar-refractivity contribution is 0.0195. The molecule has 1 aromatic heterocycles. The number of halogens is 1. The Morgan fingerprint density at radius 3 is 2.74 bits per heavy atom. The maximum atomic E-state index is 11.1. The lowest BCUT2D eigenvalue weighted by atomic mass is 9.83. The number of hydrogen-bond donors (Lipinski definition) is 3. The van der Waals surface area contributed by atoms with E-state index in [0.717, 1.165) is 12.8 Å². The number of nitrogens with zero attached hydrogens (tertiary/aromatic N) is 2. The number of carboxylic acid groups (broad SMARTS) is 1. The zero-order valence-corrected chi connectivity index (χ0v) is 11.3.